The number of anilines is 1. The first kappa shape index (κ1) is 12.8. The van der Waals surface area contributed by atoms with Crippen molar-refractivity contribution in [3.8, 4) is 5.75 Å². The average Bonchev–Trinajstić information content (AvgIpc) is 2.35. The Hall–Kier alpha value is -1.62. The number of nitrogens with two attached hydrogens (primary N) is 1. The van der Waals surface area contributed by atoms with Gasteiger partial charge in [0.15, 0.2) is 0 Å². The predicted octanol–water partition coefficient (Wildman–Crippen LogP) is 3.02. The minimum Gasteiger partial charge on any atom is -0.487 e. The highest BCUT2D eigenvalue weighted by Gasteiger charge is 2.04. The minimum atomic E-state index is 0.383. The first-order valence-corrected chi connectivity index (χ1v) is 6.31. The van der Waals surface area contributed by atoms with Crippen molar-refractivity contribution in [2.45, 2.75) is 20.5 Å². The quantitative estimate of drug-likeness (QED) is 0.947. The van der Waals surface area contributed by atoms with Gasteiger partial charge in [-0.15, -0.1) is 0 Å². The Morgan fingerprint density at radius 1 is 1.17 bits per heavy atom. The lowest BCUT2D eigenvalue weighted by molar-refractivity contribution is 0.300. The predicted molar refractivity (Wildman–Crippen MR) is 74.4 cm³/mol. The summed E-state index contributed by atoms with van der Waals surface area (Å²) in [5.74, 6) is 1.24. The van der Waals surface area contributed by atoms with E-state index < -0.39 is 0 Å². The molecule has 0 spiro atoms. The molecule has 18 heavy (non-hydrogen) atoms. The molecule has 0 amide bonds. The molecule has 2 aromatic rings. The molecular weight excluding hydrogens is 294 g/mol. The second kappa shape index (κ2) is 5.35. The molecule has 0 aliphatic carbocycles. The van der Waals surface area contributed by atoms with Crippen molar-refractivity contribution >= 4 is 21.7 Å². The Kier molecular flexibility index (Phi) is 3.81. The summed E-state index contributed by atoms with van der Waals surface area (Å²) in [4.78, 5) is 8.10. The zero-order valence-corrected chi connectivity index (χ0v) is 11.9. The summed E-state index contributed by atoms with van der Waals surface area (Å²) in [5.41, 5.74) is 8.52. The van der Waals surface area contributed by atoms with E-state index in [0.717, 1.165) is 27.0 Å². The van der Waals surface area contributed by atoms with Gasteiger partial charge >= 0.3 is 0 Å². The third kappa shape index (κ3) is 2.98. The molecule has 0 aliphatic heterocycles. The first-order valence-electron chi connectivity index (χ1n) is 5.52. The summed E-state index contributed by atoms with van der Waals surface area (Å²) in [7, 11) is 0. The van der Waals surface area contributed by atoms with Gasteiger partial charge in [0.1, 0.15) is 18.2 Å². The molecule has 1 aromatic carbocycles. The Balaban J connectivity index is 2.08. The van der Waals surface area contributed by atoms with Crippen LogP contribution in [0.1, 0.15) is 16.8 Å². The van der Waals surface area contributed by atoms with Crippen molar-refractivity contribution in [2.75, 3.05) is 5.73 Å². The van der Waals surface area contributed by atoms with Crippen molar-refractivity contribution in [2.24, 2.45) is 0 Å². The molecule has 0 unspecified atom stereocenters. The molecule has 0 saturated heterocycles. The number of aryl methyl sites for hydroxylation is 2. The highest BCUT2D eigenvalue weighted by Crippen LogP contribution is 2.26. The molecule has 1 aromatic heterocycles. The van der Waals surface area contributed by atoms with Crippen molar-refractivity contribution in [3.05, 3.63) is 45.8 Å². The van der Waals surface area contributed by atoms with Gasteiger partial charge in [0.2, 0.25) is 0 Å². The number of nitrogen functional groups attached to an aromatic ring is 1. The number of hydrogen-bond donors (Lipinski definition) is 1. The number of nitrogens with zero attached hydrogens (tertiary/aromatic N) is 2. The van der Waals surface area contributed by atoms with Crippen LogP contribution in [-0.2, 0) is 6.61 Å². The van der Waals surface area contributed by atoms with Crippen LogP contribution in [0.2, 0.25) is 0 Å². The van der Waals surface area contributed by atoms with Crippen LogP contribution in [0.15, 0.2) is 29.0 Å². The lowest BCUT2D eigenvalue weighted by Gasteiger charge is -2.09. The van der Waals surface area contributed by atoms with E-state index in [1.165, 1.54) is 6.20 Å². The summed E-state index contributed by atoms with van der Waals surface area (Å²) in [6.07, 6.45) is 3.14. The van der Waals surface area contributed by atoms with Crippen LogP contribution in [0.5, 0.6) is 5.75 Å². The van der Waals surface area contributed by atoms with E-state index in [1.807, 2.05) is 26.0 Å². The van der Waals surface area contributed by atoms with Crippen LogP contribution in [0.25, 0.3) is 0 Å². The molecule has 2 N–H and O–H groups in total. The molecule has 0 fully saturated rings. The summed E-state index contributed by atoms with van der Waals surface area (Å²) in [6, 6.07) is 3.98. The largest absolute Gasteiger partial charge is 0.487 e. The molecule has 5 heteroatoms. The highest BCUT2D eigenvalue weighted by atomic mass is 79.9. The Bertz CT molecular complexity index is 532. The van der Waals surface area contributed by atoms with E-state index in [0.29, 0.717) is 12.4 Å². The van der Waals surface area contributed by atoms with E-state index in [9.17, 15) is 0 Å². The SMILES string of the molecule is Cc1cc(OCc2cnc(N)cn2)cc(C)c1Br. The maximum absolute atomic E-state index is 5.68. The van der Waals surface area contributed by atoms with Crippen molar-refractivity contribution in [1.82, 2.24) is 9.97 Å². The fraction of sp³-hybridized carbons (Fsp3) is 0.231. The van der Waals surface area contributed by atoms with Gasteiger partial charge in [-0.05, 0) is 37.1 Å². The highest BCUT2D eigenvalue weighted by molar-refractivity contribution is 9.10. The number of benzene rings is 1. The Morgan fingerprint density at radius 3 is 2.39 bits per heavy atom. The van der Waals surface area contributed by atoms with Gasteiger partial charge in [-0.1, -0.05) is 15.9 Å². The number of ether oxygens (including phenoxy) is 1. The fourth-order valence-electron chi connectivity index (χ4n) is 1.59. The lowest BCUT2D eigenvalue weighted by Crippen LogP contribution is -2.01. The van der Waals surface area contributed by atoms with E-state index in [4.69, 9.17) is 10.5 Å². The van der Waals surface area contributed by atoms with Crippen LogP contribution in [-0.4, -0.2) is 9.97 Å². The molecule has 0 aliphatic rings. The first-order chi connectivity index (χ1) is 8.56. The molecule has 4 nitrogen and oxygen atoms in total. The maximum Gasteiger partial charge on any atom is 0.141 e. The molecule has 0 saturated carbocycles. The Labute approximate surface area is 114 Å². The lowest BCUT2D eigenvalue weighted by atomic mass is 10.1. The van der Waals surface area contributed by atoms with Gasteiger partial charge in [0, 0.05) is 4.47 Å². The standard InChI is InChI=1S/C13H14BrN3O/c1-8-3-11(4-9(2)13(8)14)18-7-10-5-17-12(15)6-16-10/h3-6H,7H2,1-2H3,(H2,15,17). The average molecular weight is 308 g/mol. The van der Waals surface area contributed by atoms with Crippen LogP contribution in [0.4, 0.5) is 5.82 Å². The Morgan fingerprint density at radius 2 is 1.83 bits per heavy atom. The van der Waals surface area contributed by atoms with Gasteiger partial charge in [0.05, 0.1) is 18.1 Å². The monoisotopic (exact) mass is 307 g/mol. The van der Waals surface area contributed by atoms with Gasteiger partial charge in [-0.2, -0.15) is 0 Å². The third-order valence-corrected chi connectivity index (χ3v) is 3.77. The molecule has 94 valence electrons. The number of aromatic nitrogens is 2. The molecule has 0 radical (unpaired) electrons. The molecule has 0 bridgehead atoms. The van der Waals surface area contributed by atoms with Gasteiger partial charge in [0.25, 0.3) is 0 Å². The van der Waals surface area contributed by atoms with E-state index in [1.54, 1.807) is 6.20 Å². The normalized spacial score (nSPS) is 10.4. The smallest absolute Gasteiger partial charge is 0.141 e. The van der Waals surface area contributed by atoms with Crippen LogP contribution in [0.3, 0.4) is 0 Å². The zero-order valence-electron chi connectivity index (χ0n) is 10.3. The third-order valence-electron chi connectivity index (χ3n) is 2.52. The van der Waals surface area contributed by atoms with Gasteiger partial charge in [-0.3, -0.25) is 4.98 Å². The van der Waals surface area contributed by atoms with Crippen LogP contribution >= 0.6 is 15.9 Å². The molecule has 2 rings (SSSR count). The van der Waals surface area contributed by atoms with Crippen LogP contribution in [0, 0.1) is 13.8 Å². The summed E-state index contributed by atoms with van der Waals surface area (Å²) < 4.78 is 6.80. The molecule has 1 heterocycles. The molecular formula is C13H14BrN3O. The molecule has 0 atom stereocenters. The van der Waals surface area contributed by atoms with E-state index >= 15 is 0 Å². The summed E-state index contributed by atoms with van der Waals surface area (Å²) in [6.45, 7) is 4.45. The van der Waals surface area contributed by atoms with E-state index in [-0.39, 0.29) is 0 Å². The summed E-state index contributed by atoms with van der Waals surface area (Å²) >= 11 is 3.53. The number of rotatable bonds is 3. The minimum absolute atomic E-state index is 0.383. The van der Waals surface area contributed by atoms with Gasteiger partial charge < -0.3 is 10.5 Å². The topological polar surface area (TPSA) is 61.0 Å². The second-order valence-corrected chi connectivity index (χ2v) is 4.89. The van der Waals surface area contributed by atoms with Crippen molar-refractivity contribution in [1.29, 1.82) is 0 Å². The van der Waals surface area contributed by atoms with Crippen LogP contribution < -0.4 is 10.5 Å². The number of halogens is 1. The maximum atomic E-state index is 5.68. The zero-order chi connectivity index (χ0) is 13.1. The van der Waals surface area contributed by atoms with Gasteiger partial charge in [-0.25, -0.2) is 4.98 Å². The number of hydrogen-bond acceptors (Lipinski definition) is 4. The fourth-order valence-corrected chi connectivity index (χ4v) is 1.81. The van der Waals surface area contributed by atoms with Crippen molar-refractivity contribution < 1.29 is 4.74 Å². The second-order valence-electron chi connectivity index (χ2n) is 4.09. The summed E-state index contributed by atoms with van der Waals surface area (Å²) in [5, 5.41) is 0. The van der Waals surface area contributed by atoms with E-state index in [2.05, 4.69) is 25.9 Å². The van der Waals surface area contributed by atoms with Crippen molar-refractivity contribution in [3.63, 3.8) is 0 Å².